The van der Waals surface area contributed by atoms with Gasteiger partial charge in [0.2, 0.25) is 0 Å². The molecule has 0 bridgehead atoms. The minimum absolute atomic E-state index is 0.219. The van der Waals surface area contributed by atoms with Crippen LogP contribution < -0.4 is 0 Å². The SMILES string of the molecule is CCC(C)(C)c1ccc(I(OC(=O)C(F)(F)C(F)(F)C(F)(F)F)c2ccc(C(C)(C)CC)cc2)cc1. The first-order chi connectivity index (χ1) is 16.3. The molecule has 0 heterocycles. The summed E-state index contributed by atoms with van der Waals surface area (Å²) in [6.07, 6.45) is -5.05. The predicted octanol–water partition coefficient (Wildman–Crippen LogP) is 8.90. The van der Waals surface area contributed by atoms with Crippen LogP contribution in [-0.2, 0) is 18.7 Å². The molecule has 2 rings (SSSR count). The van der Waals surface area contributed by atoms with Gasteiger partial charge in [-0.3, -0.25) is 0 Å². The second-order valence-electron chi connectivity index (χ2n) is 9.75. The standard InChI is InChI=1S/C26H30F7IO2/c1-7-22(3,4)17-9-13-19(14-10-17)34(20-15-11-18(12-16-20)23(5,6)8-2)36-21(35)24(27,28)25(29,30)26(31,32)33/h9-16H,7-8H2,1-6H3. The van der Waals surface area contributed by atoms with E-state index in [2.05, 4.69) is 0 Å². The van der Waals surface area contributed by atoms with Crippen molar-refractivity contribution < 1.29 is 38.6 Å². The van der Waals surface area contributed by atoms with Crippen LogP contribution in [0.2, 0.25) is 0 Å². The molecule has 0 aliphatic rings. The fourth-order valence-corrected chi connectivity index (χ4v) is 7.01. The normalized spacial score (nSPS) is 14.0. The first kappa shape index (κ1) is 30.4. The number of carbonyl (C=O) groups excluding carboxylic acids is 1. The van der Waals surface area contributed by atoms with Gasteiger partial charge in [-0.15, -0.1) is 0 Å². The maximum atomic E-state index is 14.1. The van der Waals surface area contributed by atoms with E-state index >= 15 is 0 Å². The topological polar surface area (TPSA) is 26.3 Å². The number of alkyl halides is 7. The summed E-state index contributed by atoms with van der Waals surface area (Å²) in [7, 11) is 0. The van der Waals surface area contributed by atoms with Crippen LogP contribution in [0.4, 0.5) is 30.7 Å². The zero-order valence-electron chi connectivity index (χ0n) is 20.9. The van der Waals surface area contributed by atoms with Gasteiger partial charge in [-0.25, -0.2) is 0 Å². The Balaban J connectivity index is 2.54. The van der Waals surface area contributed by atoms with Gasteiger partial charge >= 0.3 is 215 Å². The Labute approximate surface area is 214 Å². The van der Waals surface area contributed by atoms with Crippen molar-refractivity contribution in [2.75, 3.05) is 0 Å². The van der Waals surface area contributed by atoms with Crippen LogP contribution in [0.3, 0.4) is 0 Å². The van der Waals surface area contributed by atoms with Crippen LogP contribution in [0.15, 0.2) is 48.5 Å². The average molecular weight is 634 g/mol. The van der Waals surface area contributed by atoms with E-state index in [-0.39, 0.29) is 10.8 Å². The monoisotopic (exact) mass is 634 g/mol. The van der Waals surface area contributed by atoms with E-state index < -0.39 is 44.2 Å². The zero-order valence-corrected chi connectivity index (χ0v) is 23.0. The van der Waals surface area contributed by atoms with Gasteiger partial charge < -0.3 is 0 Å². The molecule has 2 aromatic carbocycles. The van der Waals surface area contributed by atoms with Gasteiger partial charge in [0.25, 0.3) is 0 Å². The van der Waals surface area contributed by atoms with Crippen molar-refractivity contribution in [3.63, 3.8) is 0 Å². The second-order valence-corrected chi connectivity index (χ2v) is 14.1. The van der Waals surface area contributed by atoms with Gasteiger partial charge in [0.1, 0.15) is 0 Å². The summed E-state index contributed by atoms with van der Waals surface area (Å²) in [4.78, 5) is 12.1. The molecule has 0 aliphatic heterocycles. The minimum atomic E-state index is -6.63. The first-order valence-electron chi connectivity index (χ1n) is 11.3. The molecule has 0 amide bonds. The van der Waals surface area contributed by atoms with Crippen molar-refractivity contribution in [1.82, 2.24) is 0 Å². The average Bonchev–Trinajstić information content (AvgIpc) is 2.81. The Morgan fingerprint density at radius 2 is 1.03 bits per heavy atom. The van der Waals surface area contributed by atoms with E-state index in [1.54, 1.807) is 48.5 Å². The first-order valence-corrected chi connectivity index (χ1v) is 14.3. The summed E-state index contributed by atoms with van der Waals surface area (Å²) < 4.78 is 98.5. The predicted molar refractivity (Wildman–Crippen MR) is 133 cm³/mol. The molecule has 0 spiro atoms. The quantitative estimate of drug-likeness (QED) is 0.204. The molecule has 2 nitrogen and oxygen atoms in total. The Morgan fingerprint density at radius 1 is 0.694 bits per heavy atom. The van der Waals surface area contributed by atoms with Crippen molar-refractivity contribution in [3.05, 3.63) is 66.8 Å². The van der Waals surface area contributed by atoms with Crippen molar-refractivity contribution in [2.45, 2.75) is 83.2 Å². The van der Waals surface area contributed by atoms with Crippen LogP contribution in [0.25, 0.3) is 0 Å². The summed E-state index contributed by atoms with van der Waals surface area (Å²) in [5.74, 6) is -15.6. The van der Waals surface area contributed by atoms with Crippen molar-refractivity contribution in [2.24, 2.45) is 0 Å². The number of benzene rings is 2. The molecule has 0 aromatic heterocycles. The molecular formula is C26H30F7IO2. The fourth-order valence-electron chi connectivity index (χ4n) is 3.08. The summed E-state index contributed by atoms with van der Waals surface area (Å²) in [5.41, 5.74) is 1.38. The second kappa shape index (κ2) is 10.5. The van der Waals surface area contributed by atoms with E-state index in [9.17, 15) is 35.5 Å². The molecule has 10 heteroatoms. The summed E-state index contributed by atoms with van der Waals surface area (Å²) in [6.45, 7) is 11.9. The molecule has 2 aromatic rings. The molecule has 0 fully saturated rings. The number of hydrogen-bond acceptors (Lipinski definition) is 2. The molecule has 36 heavy (non-hydrogen) atoms. The van der Waals surface area contributed by atoms with E-state index in [1.165, 1.54) is 0 Å². The third-order valence-electron chi connectivity index (χ3n) is 6.57. The van der Waals surface area contributed by atoms with E-state index in [0.717, 1.165) is 24.0 Å². The Hall–Kier alpha value is -1.85. The van der Waals surface area contributed by atoms with Gasteiger partial charge in [-0.1, -0.05) is 0 Å². The molecule has 0 unspecified atom stereocenters. The van der Waals surface area contributed by atoms with E-state index in [4.69, 9.17) is 3.07 Å². The van der Waals surface area contributed by atoms with E-state index in [0.29, 0.717) is 7.14 Å². The third kappa shape index (κ3) is 5.99. The number of halogens is 8. The summed E-state index contributed by atoms with van der Waals surface area (Å²) in [5, 5.41) is 0. The molecule has 0 N–H and O–H groups in total. The van der Waals surface area contributed by atoms with Crippen LogP contribution in [0.1, 0.15) is 65.5 Å². The van der Waals surface area contributed by atoms with Crippen molar-refractivity contribution in [1.29, 1.82) is 0 Å². The molecule has 0 aliphatic carbocycles. The molecule has 0 radical (unpaired) electrons. The summed E-state index contributed by atoms with van der Waals surface area (Å²) in [6, 6.07) is 13.1. The number of hydrogen-bond donors (Lipinski definition) is 0. The van der Waals surface area contributed by atoms with Crippen molar-refractivity contribution >= 4 is 26.2 Å². The Morgan fingerprint density at radius 3 is 1.31 bits per heavy atom. The van der Waals surface area contributed by atoms with Gasteiger partial charge in [0, 0.05) is 0 Å². The van der Waals surface area contributed by atoms with Gasteiger partial charge in [-0.05, 0) is 0 Å². The van der Waals surface area contributed by atoms with Gasteiger partial charge in [-0.2, -0.15) is 0 Å². The number of carbonyl (C=O) groups is 1. The molecule has 0 saturated carbocycles. The van der Waals surface area contributed by atoms with Crippen LogP contribution in [-0.4, -0.2) is 24.0 Å². The molecule has 0 saturated heterocycles. The Kier molecular flexibility index (Phi) is 8.85. The zero-order chi connectivity index (χ0) is 27.7. The fraction of sp³-hybridized carbons (Fsp3) is 0.500. The summed E-state index contributed by atoms with van der Waals surface area (Å²) >= 11 is -3.66. The van der Waals surface area contributed by atoms with Gasteiger partial charge in [0.15, 0.2) is 0 Å². The van der Waals surface area contributed by atoms with Crippen LogP contribution >= 0.6 is 20.2 Å². The molecule has 0 atom stereocenters. The molecular weight excluding hydrogens is 604 g/mol. The van der Waals surface area contributed by atoms with Crippen molar-refractivity contribution in [3.8, 4) is 0 Å². The Bertz CT molecular complexity index is 984. The van der Waals surface area contributed by atoms with Crippen LogP contribution in [0, 0.1) is 7.14 Å². The third-order valence-corrected chi connectivity index (χ3v) is 11.1. The van der Waals surface area contributed by atoms with Crippen LogP contribution in [0.5, 0.6) is 0 Å². The van der Waals surface area contributed by atoms with Gasteiger partial charge in [0.05, 0.1) is 0 Å². The number of rotatable bonds is 9. The molecule has 202 valence electrons. The maximum absolute atomic E-state index is 14.1. The van der Waals surface area contributed by atoms with E-state index in [1.807, 2.05) is 41.5 Å².